The van der Waals surface area contributed by atoms with E-state index >= 15 is 0 Å². The maximum absolute atomic E-state index is 5.61. The number of fused-ring (bicyclic) bond motifs is 1. The molecule has 0 N–H and O–H groups in total. The van der Waals surface area contributed by atoms with Crippen LogP contribution in [0.4, 0.5) is 11.9 Å². The highest BCUT2D eigenvalue weighted by Gasteiger charge is 2.28. The van der Waals surface area contributed by atoms with E-state index in [1.807, 2.05) is 35.0 Å². The van der Waals surface area contributed by atoms with Crippen molar-refractivity contribution in [3.63, 3.8) is 0 Å². The second kappa shape index (κ2) is 10.9. The Kier molecular flexibility index (Phi) is 7.00. The van der Waals surface area contributed by atoms with Crippen LogP contribution >= 0.6 is 0 Å². The van der Waals surface area contributed by atoms with Gasteiger partial charge in [-0.15, -0.1) is 0 Å². The molecule has 0 amide bonds. The smallest absolute Gasteiger partial charge is 0.232 e. The van der Waals surface area contributed by atoms with Gasteiger partial charge in [-0.1, -0.05) is 30.7 Å². The van der Waals surface area contributed by atoms with Gasteiger partial charge in [0.15, 0.2) is 5.65 Å². The summed E-state index contributed by atoms with van der Waals surface area (Å²) in [5, 5.41) is 4.83. The summed E-state index contributed by atoms with van der Waals surface area (Å²) in [4.78, 5) is 14.7. The molecule has 0 spiro atoms. The van der Waals surface area contributed by atoms with Crippen molar-refractivity contribution in [1.82, 2.24) is 19.6 Å². The second-order valence-electron chi connectivity index (χ2n) is 9.94. The van der Waals surface area contributed by atoms with Gasteiger partial charge in [0.1, 0.15) is 11.5 Å². The predicted octanol–water partition coefficient (Wildman–Crippen LogP) is 4.45. The summed E-state index contributed by atoms with van der Waals surface area (Å²) >= 11 is 0. The number of hydrogen-bond donors (Lipinski definition) is 0. The highest BCUT2D eigenvalue weighted by molar-refractivity contribution is 5.58. The first-order valence-electron chi connectivity index (χ1n) is 13.3. The van der Waals surface area contributed by atoms with Crippen LogP contribution in [0.25, 0.3) is 5.65 Å². The Bertz CT molecular complexity index is 1310. The van der Waals surface area contributed by atoms with Crippen molar-refractivity contribution in [3.05, 3.63) is 71.4 Å². The predicted molar refractivity (Wildman–Crippen MR) is 146 cm³/mol. The molecule has 1 aliphatic carbocycles. The molecule has 0 unspecified atom stereocenters. The topological polar surface area (TPSA) is 77.2 Å². The van der Waals surface area contributed by atoms with Gasteiger partial charge in [0.2, 0.25) is 11.9 Å². The summed E-state index contributed by atoms with van der Waals surface area (Å²) in [5.41, 5.74) is 4.45. The molecule has 1 saturated carbocycles. The van der Waals surface area contributed by atoms with Gasteiger partial charge in [-0.05, 0) is 54.2 Å². The zero-order valence-electron chi connectivity index (χ0n) is 22.0. The normalized spacial score (nSPS) is 15.9. The Morgan fingerprint density at radius 2 is 1.47 bits per heavy atom. The van der Waals surface area contributed by atoms with E-state index in [-0.39, 0.29) is 0 Å². The molecular formula is C29H34N6O3. The average Bonchev–Trinajstić information content (AvgIpc) is 3.36. The highest BCUT2D eigenvalue weighted by atomic mass is 16.5. The molecule has 9 heteroatoms. The zero-order valence-corrected chi connectivity index (χ0v) is 22.0. The van der Waals surface area contributed by atoms with Crippen LogP contribution in [0.15, 0.2) is 54.7 Å². The summed E-state index contributed by atoms with van der Waals surface area (Å²) in [6, 6.07) is 16.4. The van der Waals surface area contributed by atoms with Crippen molar-refractivity contribution in [2.24, 2.45) is 0 Å². The number of nitrogens with zero attached hydrogens (tertiary/aromatic N) is 6. The first-order valence-corrected chi connectivity index (χ1v) is 13.3. The van der Waals surface area contributed by atoms with Crippen LogP contribution in [0.3, 0.4) is 0 Å². The van der Waals surface area contributed by atoms with E-state index in [1.54, 1.807) is 14.2 Å². The fourth-order valence-corrected chi connectivity index (χ4v) is 5.09. The Morgan fingerprint density at radius 1 is 0.868 bits per heavy atom. The molecule has 1 aliphatic heterocycles. The van der Waals surface area contributed by atoms with E-state index in [2.05, 4.69) is 34.1 Å². The quantitative estimate of drug-likeness (QED) is 0.324. The molecular weight excluding hydrogens is 480 g/mol. The lowest BCUT2D eigenvalue weighted by atomic mass is 9.81. The summed E-state index contributed by atoms with van der Waals surface area (Å²) < 4.78 is 18.3. The van der Waals surface area contributed by atoms with E-state index in [0.717, 1.165) is 53.3 Å². The van der Waals surface area contributed by atoms with Crippen LogP contribution < -0.4 is 19.3 Å². The molecule has 0 atom stereocenters. The van der Waals surface area contributed by atoms with Gasteiger partial charge in [0.05, 0.1) is 33.6 Å². The molecule has 9 nitrogen and oxygen atoms in total. The van der Waals surface area contributed by atoms with E-state index < -0.39 is 0 Å². The summed E-state index contributed by atoms with van der Waals surface area (Å²) in [7, 11) is 3.38. The molecule has 2 aliphatic rings. The number of hydrogen-bond acceptors (Lipinski definition) is 8. The average molecular weight is 515 g/mol. The monoisotopic (exact) mass is 514 g/mol. The number of benzene rings is 2. The number of anilines is 2. The molecule has 0 radical (unpaired) electrons. The van der Waals surface area contributed by atoms with Crippen LogP contribution in [-0.2, 0) is 17.8 Å². The Labute approximate surface area is 223 Å². The van der Waals surface area contributed by atoms with Gasteiger partial charge in [-0.3, -0.25) is 0 Å². The Hall–Kier alpha value is -3.85. The third-order valence-electron chi connectivity index (χ3n) is 7.55. The van der Waals surface area contributed by atoms with Crippen molar-refractivity contribution < 1.29 is 14.2 Å². The molecule has 4 aromatic rings. The van der Waals surface area contributed by atoms with Crippen LogP contribution in [0.5, 0.6) is 11.5 Å². The lowest BCUT2D eigenvalue weighted by Crippen LogP contribution is -2.38. The minimum Gasteiger partial charge on any atom is -0.497 e. The van der Waals surface area contributed by atoms with E-state index in [0.29, 0.717) is 32.2 Å². The first-order chi connectivity index (χ1) is 18.7. The molecule has 2 fully saturated rings. The Balaban J connectivity index is 1.44. The molecule has 1 saturated heterocycles. The zero-order chi connectivity index (χ0) is 25.9. The van der Waals surface area contributed by atoms with Gasteiger partial charge in [-0.25, -0.2) is 0 Å². The van der Waals surface area contributed by atoms with Gasteiger partial charge in [0.25, 0.3) is 0 Å². The fourth-order valence-electron chi connectivity index (χ4n) is 5.09. The van der Waals surface area contributed by atoms with E-state index in [9.17, 15) is 0 Å². The summed E-state index contributed by atoms with van der Waals surface area (Å²) in [5.74, 6) is 3.72. The third kappa shape index (κ3) is 4.98. The van der Waals surface area contributed by atoms with Crippen molar-refractivity contribution in [2.45, 2.75) is 38.3 Å². The van der Waals surface area contributed by atoms with E-state index in [4.69, 9.17) is 29.3 Å². The van der Waals surface area contributed by atoms with Gasteiger partial charge in [-0.2, -0.15) is 19.6 Å². The minimum atomic E-state index is 0.518. The molecule has 198 valence electrons. The van der Waals surface area contributed by atoms with Gasteiger partial charge >= 0.3 is 0 Å². The maximum Gasteiger partial charge on any atom is 0.232 e. The highest BCUT2D eigenvalue weighted by Crippen LogP contribution is 2.39. The molecule has 0 bridgehead atoms. The second-order valence-corrected chi connectivity index (χ2v) is 9.94. The van der Waals surface area contributed by atoms with Crippen LogP contribution in [-0.4, -0.2) is 60.1 Å². The summed E-state index contributed by atoms with van der Waals surface area (Å²) in [6.45, 7) is 4.23. The van der Waals surface area contributed by atoms with Crippen molar-refractivity contribution in [1.29, 1.82) is 0 Å². The summed E-state index contributed by atoms with van der Waals surface area (Å²) in [6.07, 6.45) is 5.64. The number of methoxy groups -OCH3 is 2. The largest absolute Gasteiger partial charge is 0.497 e. The standard InChI is InChI=1S/C29H34N6O3/c1-36-24-10-6-21(7-11-24)19-34(20-22-8-12-25(37-2)13-9-22)29-32-28(33-14-16-38-17-15-33)31-27-26(18-30-35(27)29)23-4-3-5-23/h6-13,18,23H,3-5,14-17,19-20H2,1-2H3. The first kappa shape index (κ1) is 24.5. The van der Waals surface area contributed by atoms with Gasteiger partial charge in [0, 0.05) is 31.7 Å². The maximum atomic E-state index is 5.61. The minimum absolute atomic E-state index is 0.518. The van der Waals surface area contributed by atoms with Gasteiger partial charge < -0.3 is 24.0 Å². The third-order valence-corrected chi connectivity index (χ3v) is 7.55. The van der Waals surface area contributed by atoms with Crippen molar-refractivity contribution in [3.8, 4) is 11.5 Å². The molecule has 38 heavy (non-hydrogen) atoms. The molecule has 2 aromatic heterocycles. The van der Waals surface area contributed by atoms with Crippen molar-refractivity contribution in [2.75, 3.05) is 50.3 Å². The van der Waals surface area contributed by atoms with Crippen molar-refractivity contribution >= 4 is 17.5 Å². The lowest BCUT2D eigenvalue weighted by Gasteiger charge is -2.30. The number of rotatable bonds is 9. The van der Waals surface area contributed by atoms with Crippen LogP contribution in [0.1, 0.15) is 41.9 Å². The lowest BCUT2D eigenvalue weighted by molar-refractivity contribution is 0.122. The Morgan fingerprint density at radius 3 is 2.00 bits per heavy atom. The molecule has 2 aromatic carbocycles. The fraction of sp³-hybridized carbons (Fsp3) is 0.414. The van der Waals surface area contributed by atoms with E-state index in [1.165, 1.54) is 24.8 Å². The number of ether oxygens (including phenoxy) is 3. The van der Waals surface area contributed by atoms with Crippen LogP contribution in [0.2, 0.25) is 0 Å². The van der Waals surface area contributed by atoms with Crippen LogP contribution in [0, 0.1) is 0 Å². The number of aromatic nitrogens is 4. The molecule has 3 heterocycles. The SMILES string of the molecule is COc1ccc(CN(Cc2ccc(OC)cc2)c2nc(N3CCOCC3)nc3c(C4CCC4)cnn23)cc1. The molecule has 6 rings (SSSR count). The number of morpholine rings is 1.